The number of aromatic nitrogens is 1. The molecule has 2 N–H and O–H groups in total. The number of hydrogen-bond donors (Lipinski definition) is 2. The van der Waals surface area contributed by atoms with Gasteiger partial charge in [-0.05, 0) is 60.6 Å². The Kier molecular flexibility index (Phi) is 3.12. The molecule has 9 heteroatoms. The highest BCUT2D eigenvalue weighted by Crippen LogP contribution is 2.52. The molecule has 1 saturated carbocycles. The minimum Gasteiger partial charge on any atom is -0.395 e. The summed E-state index contributed by atoms with van der Waals surface area (Å²) in [4.78, 5) is 14.1. The lowest BCUT2D eigenvalue weighted by Gasteiger charge is -2.26. The average molecular weight is 533 g/mol. The molecule has 0 radical (unpaired) electrons. The van der Waals surface area contributed by atoms with Gasteiger partial charge in [0.05, 0.1) is 41.0 Å². The molecule has 2 heterocycles. The van der Waals surface area contributed by atoms with Crippen LogP contribution in [0.25, 0.3) is 10.9 Å². The van der Waals surface area contributed by atoms with Crippen LogP contribution in [0.3, 0.4) is 0 Å². The lowest BCUT2D eigenvalue weighted by atomic mass is 9.86. The minimum absolute atomic E-state index is 0.00131. The van der Waals surface area contributed by atoms with E-state index < -0.39 is 138 Å². The van der Waals surface area contributed by atoms with E-state index >= 15 is 4.39 Å². The van der Waals surface area contributed by atoms with Crippen LogP contribution >= 0.6 is 0 Å². The lowest BCUT2D eigenvalue weighted by Crippen LogP contribution is -2.26. The molecule has 37 heavy (non-hydrogen) atoms. The zero-order chi connectivity index (χ0) is 40.0. The summed E-state index contributed by atoms with van der Waals surface area (Å²) in [5.41, 5.74) is -8.96. The summed E-state index contributed by atoms with van der Waals surface area (Å²) in [5.74, 6) is -4.51. The molecule has 5 rings (SSSR count). The predicted molar refractivity (Wildman–Crippen MR) is 131 cm³/mol. The van der Waals surface area contributed by atoms with Crippen LogP contribution in [0.4, 0.5) is 13.2 Å². The maximum Gasteiger partial charge on any atom is 0.586 e. The molecule has 198 valence electrons. The zero-order valence-electron chi connectivity index (χ0n) is 34.3. The van der Waals surface area contributed by atoms with Gasteiger partial charge in [-0.1, -0.05) is 26.8 Å². The summed E-state index contributed by atoms with van der Waals surface area (Å²) in [6, 6.07) is -1.23. The Bertz CT molecular complexity index is 2010. The molecule has 1 unspecified atom stereocenters. The third kappa shape index (κ3) is 4.48. The van der Waals surface area contributed by atoms with Crippen LogP contribution in [0.5, 0.6) is 11.5 Å². The van der Waals surface area contributed by atoms with E-state index in [0.717, 1.165) is 25.1 Å². The van der Waals surface area contributed by atoms with Crippen molar-refractivity contribution in [2.24, 2.45) is 0 Å². The summed E-state index contributed by atoms with van der Waals surface area (Å²) in [6.07, 6.45) is -16.4. The largest absolute Gasteiger partial charge is 0.586 e. The number of benzene rings is 2. The summed E-state index contributed by atoms with van der Waals surface area (Å²) in [7, 11) is 0. The van der Waals surface area contributed by atoms with Crippen molar-refractivity contribution < 1.29 is 58.2 Å². The van der Waals surface area contributed by atoms with Crippen LogP contribution in [0.2, 0.25) is 0 Å². The Morgan fingerprint density at radius 3 is 2.73 bits per heavy atom. The molecular weight excluding hydrogens is 487 g/mol. The standard InChI is InChI=1S/C28H30F3NO5/c1-4-26(2,3)24-10-17-9-16(20(29)13-21(17)32(24)14-19(34)15-33)11-25(35)27(7-8-27)18-5-6-22-23(12-18)37-28(30,31)36-22/h5-6,9-10,12-13,19,33-34H,4,7-8,11,14-15H2,1-3H3/t19-/m0/s1/i2D3,7D2,8D2,9D,10D,13D,14D2,15D2,19D/t19-,26?. The first-order chi connectivity index (χ1) is 23.2. The van der Waals surface area contributed by atoms with E-state index in [9.17, 15) is 23.8 Å². The number of Topliss-reactive ketones (excluding diaryl/α,β-unsaturated/α-hetero) is 1. The molecule has 1 fully saturated rings. The molecule has 1 aromatic heterocycles. The van der Waals surface area contributed by atoms with Gasteiger partial charge in [-0.3, -0.25) is 4.79 Å². The summed E-state index contributed by atoms with van der Waals surface area (Å²) < 4.78 is 178. The van der Waals surface area contributed by atoms with Gasteiger partial charge in [0.25, 0.3) is 0 Å². The predicted octanol–water partition coefficient (Wildman–Crippen LogP) is 4.99. The van der Waals surface area contributed by atoms with Crippen molar-refractivity contribution in [3.63, 3.8) is 0 Å². The first-order valence-corrected chi connectivity index (χ1v) is 11.0. The number of ketones is 1. The maximum atomic E-state index is 16.4. The van der Waals surface area contributed by atoms with Gasteiger partial charge < -0.3 is 24.3 Å². The molecule has 2 atom stereocenters. The van der Waals surface area contributed by atoms with Gasteiger partial charge in [-0.15, -0.1) is 8.78 Å². The number of carbonyl (C=O) groups excluding carboxylic acids is 1. The minimum atomic E-state index is -4.25. The third-order valence-corrected chi connectivity index (χ3v) is 6.21. The van der Waals surface area contributed by atoms with Gasteiger partial charge in [0, 0.05) is 32.5 Å². The number of nitrogens with zero attached hydrogens (tertiary/aromatic N) is 1. The van der Waals surface area contributed by atoms with E-state index in [1.807, 2.05) is 0 Å². The highest BCUT2D eigenvalue weighted by molar-refractivity contribution is 5.95. The van der Waals surface area contributed by atoms with Gasteiger partial charge in [0.1, 0.15) is 11.6 Å². The Labute approximate surface area is 233 Å². The number of carbonyl (C=O) groups is 1. The fourth-order valence-electron chi connectivity index (χ4n) is 3.95. The third-order valence-electron chi connectivity index (χ3n) is 6.21. The van der Waals surface area contributed by atoms with Crippen molar-refractivity contribution in [1.82, 2.24) is 4.57 Å². The number of halogens is 3. The van der Waals surface area contributed by atoms with Crippen LogP contribution < -0.4 is 9.47 Å². The quantitative estimate of drug-likeness (QED) is 0.406. The van der Waals surface area contributed by atoms with Crippen LogP contribution in [0, 0.1) is 5.82 Å². The average Bonchev–Trinajstić information content (AvgIpc) is 3.26. The second-order valence-corrected chi connectivity index (χ2v) is 8.76. The highest BCUT2D eigenvalue weighted by atomic mass is 19.3. The Morgan fingerprint density at radius 1 is 1.35 bits per heavy atom. The molecule has 2 aliphatic rings. The normalized spacial score (nSPS) is 30.2. The van der Waals surface area contributed by atoms with Gasteiger partial charge in [0.15, 0.2) is 11.5 Å². The van der Waals surface area contributed by atoms with E-state index in [1.165, 1.54) is 6.92 Å². The molecule has 6 nitrogen and oxygen atoms in total. The van der Waals surface area contributed by atoms with E-state index in [2.05, 4.69) is 9.47 Å². The van der Waals surface area contributed by atoms with Crippen LogP contribution in [0.15, 0.2) is 36.3 Å². The summed E-state index contributed by atoms with van der Waals surface area (Å²) in [6.45, 7) is -9.03. The smallest absolute Gasteiger partial charge is 0.395 e. The van der Waals surface area contributed by atoms with Crippen molar-refractivity contribution in [2.45, 2.75) is 76.0 Å². The zero-order valence-corrected chi connectivity index (χ0v) is 19.3. The fourth-order valence-corrected chi connectivity index (χ4v) is 3.95. The van der Waals surface area contributed by atoms with E-state index in [0.29, 0.717) is 0 Å². The molecule has 0 spiro atoms. The molecule has 0 bridgehead atoms. The first-order valence-electron chi connectivity index (χ1n) is 18.5. The van der Waals surface area contributed by atoms with E-state index in [4.69, 9.17) is 20.6 Å². The van der Waals surface area contributed by atoms with Crippen molar-refractivity contribution in [3.05, 3.63) is 59.0 Å². The summed E-state index contributed by atoms with van der Waals surface area (Å²) >= 11 is 0. The van der Waals surface area contributed by atoms with E-state index in [-0.39, 0.29) is 4.57 Å². The van der Waals surface area contributed by atoms with Crippen molar-refractivity contribution in [2.75, 3.05) is 6.56 Å². The van der Waals surface area contributed by atoms with Gasteiger partial charge in [-0.2, -0.15) is 0 Å². The fraction of sp³-hybridized carbons (Fsp3) is 0.464. The maximum absolute atomic E-state index is 16.4. The number of aliphatic hydroxyl groups is 2. The molecule has 0 amide bonds. The monoisotopic (exact) mass is 532 g/mol. The van der Waals surface area contributed by atoms with Crippen LogP contribution in [-0.2, 0) is 28.5 Å². The van der Waals surface area contributed by atoms with Crippen LogP contribution in [0.1, 0.15) is 77.2 Å². The second kappa shape index (κ2) is 8.77. The van der Waals surface area contributed by atoms with Crippen LogP contribution in [-0.4, -0.2) is 39.5 Å². The Morgan fingerprint density at radius 2 is 2.08 bits per heavy atom. The molecule has 0 saturated heterocycles. The molecule has 3 aromatic rings. The summed E-state index contributed by atoms with van der Waals surface area (Å²) in [5, 5.41) is 19.8. The van der Waals surface area contributed by atoms with Crippen molar-refractivity contribution in [3.8, 4) is 11.5 Å². The Hall–Kier alpha value is -3.04. The number of fused-ring (bicyclic) bond motifs is 2. The van der Waals surface area contributed by atoms with Gasteiger partial charge >= 0.3 is 6.29 Å². The second-order valence-electron chi connectivity index (χ2n) is 8.76. The molecule has 1 aliphatic carbocycles. The molecule has 1 aliphatic heterocycles. The molecule has 2 aromatic carbocycles. The van der Waals surface area contributed by atoms with Crippen molar-refractivity contribution in [1.29, 1.82) is 0 Å². The SMILES string of the molecule is [2H]c1c(CC(=O)C2(c3ccc4c(c3)OC(F)(F)O4)C([2H])([2H])C2([2H])[2H])c(F)c([2H])c2c1c([2H])c(C(C)(CC)C([2H])([2H])[2H])n2C([2H])([2H])[C@]([2H])(O)C([2H])([2H])O. The highest BCUT2D eigenvalue weighted by Gasteiger charge is 2.52. The number of rotatable bonds is 9. The van der Waals surface area contributed by atoms with Crippen molar-refractivity contribution >= 4 is 16.7 Å². The lowest BCUT2D eigenvalue weighted by molar-refractivity contribution is -0.286. The topological polar surface area (TPSA) is 80.9 Å². The van der Waals surface area contributed by atoms with Gasteiger partial charge in [-0.25, -0.2) is 4.39 Å². The number of hydrogen-bond acceptors (Lipinski definition) is 5. The first kappa shape index (κ1) is 13.2. The van der Waals surface area contributed by atoms with Gasteiger partial charge in [0.2, 0.25) is 0 Å². The number of ether oxygens (including phenoxy) is 2. The van der Waals surface area contributed by atoms with E-state index in [1.54, 1.807) is 0 Å². The number of alkyl halides is 2. The Balaban J connectivity index is 1.80. The molecular formula is C28H30F3NO5.